The van der Waals surface area contributed by atoms with Gasteiger partial charge < -0.3 is 10.1 Å². The lowest BCUT2D eigenvalue weighted by molar-refractivity contribution is -0.118. The summed E-state index contributed by atoms with van der Waals surface area (Å²) < 4.78 is 4.72. The Morgan fingerprint density at radius 1 is 1.23 bits per heavy atom. The third kappa shape index (κ3) is 3.45. The van der Waals surface area contributed by atoms with Crippen molar-refractivity contribution in [3.8, 4) is 11.1 Å². The first-order valence-corrected chi connectivity index (χ1v) is 7.93. The van der Waals surface area contributed by atoms with E-state index in [2.05, 4.69) is 25.7 Å². The van der Waals surface area contributed by atoms with Crippen LogP contribution >= 0.6 is 11.6 Å². The van der Waals surface area contributed by atoms with E-state index in [1.165, 1.54) is 13.3 Å². The van der Waals surface area contributed by atoms with Crippen molar-refractivity contribution in [3.63, 3.8) is 0 Å². The average molecular weight is 372 g/mol. The largest absolute Gasteiger partial charge is 0.465 e. The molecule has 8 nitrogen and oxygen atoms in total. The number of methoxy groups -OCH3 is 1. The Morgan fingerprint density at radius 2 is 2.04 bits per heavy atom. The van der Waals surface area contributed by atoms with Gasteiger partial charge in [0, 0.05) is 22.3 Å². The molecule has 1 aliphatic rings. The average Bonchev–Trinajstić information content (AvgIpc) is 3.10. The minimum Gasteiger partial charge on any atom is -0.465 e. The van der Waals surface area contributed by atoms with Crippen LogP contribution in [0.25, 0.3) is 11.1 Å². The minimum absolute atomic E-state index is 0.343. The number of nitrogens with one attached hydrogen (secondary N) is 1. The van der Waals surface area contributed by atoms with Gasteiger partial charge in [-0.3, -0.25) is 4.79 Å². The first kappa shape index (κ1) is 17.7. The molecule has 0 aliphatic carbocycles. The number of halogens is 1. The maximum Gasteiger partial charge on any atom is 0.337 e. The number of ether oxygens (including phenoxy) is 1. The Morgan fingerprint density at radius 3 is 2.65 bits per heavy atom. The monoisotopic (exact) mass is 371 g/mol. The number of esters is 1. The summed E-state index contributed by atoms with van der Waals surface area (Å²) in [6.07, 6.45) is 2.90. The van der Waals surface area contributed by atoms with E-state index in [0.717, 1.165) is 0 Å². The van der Waals surface area contributed by atoms with E-state index < -0.39 is 17.4 Å². The van der Waals surface area contributed by atoms with Crippen molar-refractivity contribution < 1.29 is 14.3 Å². The summed E-state index contributed by atoms with van der Waals surface area (Å²) in [6.45, 7) is 1.59. The summed E-state index contributed by atoms with van der Waals surface area (Å²) in [5.41, 5.74) is 0.553. The van der Waals surface area contributed by atoms with E-state index in [0.29, 0.717) is 27.5 Å². The van der Waals surface area contributed by atoms with E-state index in [-0.39, 0.29) is 0 Å². The highest BCUT2D eigenvalue weighted by atomic mass is 35.5. The first-order chi connectivity index (χ1) is 12.4. The van der Waals surface area contributed by atoms with Gasteiger partial charge in [0.15, 0.2) is 5.54 Å². The van der Waals surface area contributed by atoms with Gasteiger partial charge in [-0.15, -0.1) is 10.2 Å². The van der Waals surface area contributed by atoms with Gasteiger partial charge in [0.2, 0.25) is 0 Å². The molecule has 0 bridgehead atoms. The van der Waals surface area contributed by atoms with Crippen molar-refractivity contribution in [2.75, 3.05) is 12.4 Å². The van der Waals surface area contributed by atoms with E-state index >= 15 is 0 Å². The van der Waals surface area contributed by atoms with Crippen LogP contribution < -0.4 is 5.32 Å². The van der Waals surface area contributed by atoms with E-state index in [9.17, 15) is 9.59 Å². The second-order valence-corrected chi connectivity index (χ2v) is 6.06. The van der Waals surface area contributed by atoms with E-state index in [1.54, 1.807) is 43.5 Å². The van der Waals surface area contributed by atoms with Crippen LogP contribution in [0.2, 0.25) is 5.02 Å². The molecule has 0 saturated heterocycles. The number of pyridine rings is 1. The van der Waals surface area contributed by atoms with Crippen molar-refractivity contribution in [3.05, 3.63) is 47.1 Å². The number of hydrogen-bond acceptors (Lipinski definition) is 7. The Balaban J connectivity index is 1.82. The van der Waals surface area contributed by atoms with E-state index in [1.807, 2.05) is 0 Å². The summed E-state index contributed by atoms with van der Waals surface area (Å²) in [5, 5.41) is 13.9. The fraction of sp³-hybridized carbons (Fsp3) is 0.176. The second-order valence-electron chi connectivity index (χ2n) is 5.65. The molecule has 26 heavy (non-hydrogen) atoms. The van der Waals surface area contributed by atoms with Gasteiger partial charge in [-0.05, 0) is 42.5 Å². The third-order valence-electron chi connectivity index (χ3n) is 3.78. The minimum atomic E-state index is -1.14. The lowest BCUT2D eigenvalue weighted by Gasteiger charge is -2.14. The van der Waals surface area contributed by atoms with Gasteiger partial charge in [-0.1, -0.05) is 11.6 Å². The number of carbonyl (C=O) groups excluding carboxylic acids is 2. The normalized spacial score (nSPS) is 18.0. The molecule has 1 atom stereocenters. The number of aromatic nitrogens is 1. The van der Waals surface area contributed by atoms with Crippen LogP contribution in [0, 0.1) is 0 Å². The number of carbonyl (C=O) groups is 2. The number of benzene rings is 1. The fourth-order valence-corrected chi connectivity index (χ4v) is 2.47. The standard InChI is InChI=1S/C17H14ClN5O3/c1-17(9-20-23-22-17)16(25)21-14-6-4-11(8-19-14)12-7-10(15(24)26-2)3-5-13(12)18/h3-9H,1-2H3,(H,19,21,25). The SMILES string of the molecule is COC(=O)c1ccc(Cl)c(-c2ccc(NC(=O)C3(C)C=NN=N3)nc2)c1. The molecule has 0 spiro atoms. The summed E-state index contributed by atoms with van der Waals surface area (Å²) in [7, 11) is 1.31. The van der Waals surface area contributed by atoms with Crippen molar-refractivity contribution in [1.82, 2.24) is 4.98 Å². The van der Waals surface area contributed by atoms with Crippen LogP contribution in [0.15, 0.2) is 52.0 Å². The summed E-state index contributed by atoms with van der Waals surface area (Å²) in [6, 6.07) is 8.18. The van der Waals surface area contributed by atoms with Crippen molar-refractivity contribution in [2.24, 2.45) is 15.4 Å². The molecule has 1 unspecified atom stereocenters. The number of nitrogens with zero attached hydrogens (tertiary/aromatic N) is 4. The number of hydrogen-bond donors (Lipinski definition) is 1. The zero-order valence-electron chi connectivity index (χ0n) is 13.9. The maximum absolute atomic E-state index is 12.2. The van der Waals surface area contributed by atoms with Gasteiger partial charge in [0.1, 0.15) is 5.82 Å². The van der Waals surface area contributed by atoms with Crippen LogP contribution in [-0.2, 0) is 9.53 Å². The quantitative estimate of drug-likeness (QED) is 0.832. The molecule has 0 fully saturated rings. The highest BCUT2D eigenvalue weighted by Crippen LogP contribution is 2.29. The number of rotatable bonds is 4. The molecule has 2 heterocycles. The lowest BCUT2D eigenvalue weighted by atomic mass is 10.0. The van der Waals surface area contributed by atoms with Crippen LogP contribution in [0.4, 0.5) is 5.82 Å². The third-order valence-corrected chi connectivity index (χ3v) is 4.11. The van der Waals surface area contributed by atoms with Crippen molar-refractivity contribution in [2.45, 2.75) is 12.5 Å². The van der Waals surface area contributed by atoms with Crippen LogP contribution in [0.3, 0.4) is 0 Å². The molecular formula is C17H14ClN5O3. The molecule has 1 N–H and O–H groups in total. The predicted molar refractivity (Wildman–Crippen MR) is 96.4 cm³/mol. The molecule has 1 amide bonds. The molecule has 1 aliphatic heterocycles. The Bertz CT molecular complexity index is 912. The number of amides is 1. The van der Waals surface area contributed by atoms with Crippen LogP contribution in [0.5, 0.6) is 0 Å². The molecule has 1 aromatic carbocycles. The number of anilines is 1. The molecule has 1 aromatic heterocycles. The van der Waals surface area contributed by atoms with Crippen LogP contribution in [0.1, 0.15) is 17.3 Å². The van der Waals surface area contributed by atoms with Gasteiger partial charge in [-0.25, -0.2) is 9.78 Å². The molecule has 132 valence electrons. The zero-order chi connectivity index (χ0) is 18.7. The molecular weight excluding hydrogens is 358 g/mol. The highest BCUT2D eigenvalue weighted by molar-refractivity contribution is 6.33. The molecule has 9 heteroatoms. The van der Waals surface area contributed by atoms with Gasteiger partial charge in [0.25, 0.3) is 5.91 Å². The zero-order valence-corrected chi connectivity index (χ0v) is 14.7. The van der Waals surface area contributed by atoms with Crippen molar-refractivity contribution >= 4 is 35.5 Å². The lowest BCUT2D eigenvalue weighted by Crippen LogP contribution is -2.38. The Labute approximate surface area is 153 Å². The van der Waals surface area contributed by atoms with E-state index in [4.69, 9.17) is 16.3 Å². The second kappa shape index (κ2) is 7.01. The smallest absolute Gasteiger partial charge is 0.337 e. The molecule has 3 rings (SSSR count). The summed E-state index contributed by atoms with van der Waals surface area (Å²) >= 11 is 6.22. The van der Waals surface area contributed by atoms with Gasteiger partial charge in [0.05, 0.1) is 18.9 Å². The topological polar surface area (TPSA) is 105 Å². The summed E-state index contributed by atoms with van der Waals surface area (Å²) in [5.74, 6) is -0.510. The Kier molecular flexibility index (Phi) is 4.77. The molecule has 0 saturated carbocycles. The Hall–Kier alpha value is -3.13. The maximum atomic E-state index is 12.2. The van der Waals surface area contributed by atoms with Gasteiger partial charge >= 0.3 is 5.97 Å². The molecule has 2 aromatic rings. The highest BCUT2D eigenvalue weighted by Gasteiger charge is 2.34. The first-order valence-electron chi connectivity index (χ1n) is 7.55. The fourth-order valence-electron chi connectivity index (χ4n) is 2.25. The summed E-state index contributed by atoms with van der Waals surface area (Å²) in [4.78, 5) is 28.1. The molecule has 0 radical (unpaired) electrons. The van der Waals surface area contributed by atoms with Gasteiger partial charge in [-0.2, -0.15) is 0 Å². The van der Waals surface area contributed by atoms with Crippen molar-refractivity contribution in [1.29, 1.82) is 0 Å². The predicted octanol–water partition coefficient (Wildman–Crippen LogP) is 3.34. The van der Waals surface area contributed by atoms with Crippen LogP contribution in [-0.4, -0.2) is 35.7 Å².